The molecule has 19 aromatic rings. The SMILES string of the molecule is COc1ccc2nnc(Nc3ccccc3OC)n2n1.N#Cc1ccc(Nc2nnc3ccc(Nc4ccccc4)nn23)cc1.N#Cc1ccc(Nc2nnc3ccc(Sc4ccccc4)nn23)cc1.N#Cc1cccc(Nc2nnc3ccc(Nc4ccccc4)nn23)c1.N#Cc1cccc(Nc2nnc3ccc(Sc4ccccc4)nn23)c1. The number of hydrogen-bond acceptors (Lipinski definition) is 30. The lowest BCUT2D eigenvalue weighted by molar-refractivity contribution is 0.390. The molecule has 0 aliphatic rings. The third kappa shape index (κ3) is 20.0. The van der Waals surface area contributed by atoms with Gasteiger partial charge < -0.3 is 46.7 Å². The molecule has 0 saturated heterocycles. The number of nitrogens with zero attached hydrogens (tertiary/aromatic N) is 24. The Bertz CT molecular complexity index is 6540. The number of aromatic nitrogens is 20. The number of para-hydroxylation sites is 4. The van der Waals surface area contributed by atoms with Crippen molar-refractivity contribution in [3.63, 3.8) is 0 Å². The number of nitriles is 4. The number of benzene rings is 9. The van der Waals surface area contributed by atoms with Crippen LogP contribution in [-0.2, 0) is 0 Å². The van der Waals surface area contributed by atoms with Crippen LogP contribution >= 0.6 is 23.5 Å². The fourth-order valence-electron chi connectivity index (χ4n) is 11.2. The van der Waals surface area contributed by atoms with Gasteiger partial charge >= 0.3 is 0 Å². The monoisotopic (exact) mass is 1610 g/mol. The molecule has 0 radical (unpaired) electrons. The normalized spacial score (nSPS) is 10.4. The van der Waals surface area contributed by atoms with E-state index in [1.54, 1.807) is 127 Å². The van der Waals surface area contributed by atoms with Gasteiger partial charge in [-0.1, -0.05) is 121 Å². The van der Waals surface area contributed by atoms with E-state index in [1.807, 2.05) is 237 Å². The topological polar surface area (TPSA) is 413 Å². The van der Waals surface area contributed by atoms with Crippen molar-refractivity contribution in [2.24, 2.45) is 0 Å². The molecular formula is C85H63N31O2S2. The van der Waals surface area contributed by atoms with Crippen LogP contribution in [-0.4, -0.2) is 113 Å². The van der Waals surface area contributed by atoms with Crippen molar-refractivity contribution >= 4 is 133 Å². The van der Waals surface area contributed by atoms with E-state index in [2.05, 4.69) is 138 Å². The standard InChI is InChI=1S/2C18H13N7.2C18H12N6S.C13H13N5O2/c19-12-13-5-4-8-15(11-13)21-18-23-22-17-10-9-16(24-25(17)18)20-14-6-2-1-3-7-14;19-12-13-6-8-15(9-7-13)21-18-23-22-17-11-10-16(24-25(17)18)20-14-4-2-1-3-5-14;19-12-13-5-4-6-14(11-13)20-18-22-21-16-9-10-17(23-24(16)18)25-15-7-2-1-3-8-15;19-12-13-6-8-14(9-7-13)20-18-22-21-16-10-11-17(23-24(16)18)25-15-4-2-1-3-5-15;1-19-10-6-4-3-5-9(10)14-13-16-15-11-7-8-12(20-2)17-18(11)13/h2*1-11H,(H,20,24)(H,21,23);2*1-11H,(H,20,22);3-8H,1-2H3,(H,14,16). The summed E-state index contributed by atoms with van der Waals surface area (Å²) in [4.78, 5) is 2.22. The van der Waals surface area contributed by atoms with Crippen LogP contribution in [0.25, 0.3) is 28.2 Å². The average Bonchev–Trinajstić information content (AvgIpc) is 1.67. The zero-order chi connectivity index (χ0) is 82.2. The average molecular weight is 1610 g/mol. The Balaban J connectivity index is 0.000000117. The Labute approximate surface area is 691 Å². The van der Waals surface area contributed by atoms with Gasteiger partial charge in [0.2, 0.25) is 17.8 Å². The van der Waals surface area contributed by atoms with Crippen LogP contribution in [0.3, 0.4) is 0 Å². The maximum atomic E-state index is 9.01. The predicted molar refractivity (Wildman–Crippen MR) is 455 cm³/mol. The molecule has 0 amide bonds. The molecule has 10 heterocycles. The Morgan fingerprint density at radius 1 is 0.267 bits per heavy atom. The van der Waals surface area contributed by atoms with Crippen LogP contribution in [0.2, 0.25) is 0 Å². The summed E-state index contributed by atoms with van der Waals surface area (Å²) in [6, 6.07) is 103. The first-order valence-corrected chi connectivity index (χ1v) is 38.0. The van der Waals surface area contributed by atoms with Crippen LogP contribution < -0.4 is 46.7 Å². The summed E-state index contributed by atoms with van der Waals surface area (Å²) in [5.41, 5.74) is 11.4. The highest BCUT2D eigenvalue weighted by molar-refractivity contribution is 7.99. The number of rotatable bonds is 20. The number of nitrogens with one attached hydrogen (secondary N) is 7. The molecule has 0 fully saturated rings. The van der Waals surface area contributed by atoms with Crippen LogP contribution in [0.5, 0.6) is 11.6 Å². The van der Waals surface area contributed by atoms with E-state index in [9.17, 15) is 0 Å². The van der Waals surface area contributed by atoms with E-state index in [-0.39, 0.29) is 0 Å². The minimum atomic E-state index is 0.474. The molecular weight excluding hydrogens is 1550 g/mol. The highest BCUT2D eigenvalue weighted by Gasteiger charge is 2.16. The number of methoxy groups -OCH3 is 2. The van der Waals surface area contributed by atoms with Gasteiger partial charge in [-0.3, -0.25) is 0 Å². The molecule has 10 aromatic heterocycles. The maximum Gasteiger partial charge on any atom is 0.250 e. The van der Waals surface area contributed by atoms with Gasteiger partial charge in [0.25, 0.3) is 17.8 Å². The number of anilines is 14. The first-order valence-electron chi connectivity index (χ1n) is 36.3. The molecule has 35 heteroatoms. The minimum absolute atomic E-state index is 0.474. The summed E-state index contributed by atoms with van der Waals surface area (Å²) in [5.74, 6) is 5.04. The van der Waals surface area contributed by atoms with Gasteiger partial charge in [0.05, 0.1) is 66.4 Å². The zero-order valence-electron chi connectivity index (χ0n) is 63.2. The van der Waals surface area contributed by atoms with E-state index >= 15 is 0 Å². The molecule has 9 aromatic carbocycles. The fourth-order valence-corrected chi connectivity index (χ4v) is 12.8. The van der Waals surface area contributed by atoms with Crippen LogP contribution in [0, 0.1) is 45.3 Å². The summed E-state index contributed by atoms with van der Waals surface area (Å²) >= 11 is 3.14. The molecule has 0 spiro atoms. The van der Waals surface area contributed by atoms with E-state index in [0.717, 1.165) is 59.7 Å². The van der Waals surface area contributed by atoms with E-state index in [0.29, 0.717) is 103 Å². The lowest BCUT2D eigenvalue weighted by Gasteiger charge is -2.08. The second-order valence-corrected chi connectivity index (χ2v) is 27.2. The summed E-state index contributed by atoms with van der Waals surface area (Å²) in [6.45, 7) is 0. The van der Waals surface area contributed by atoms with E-state index in [4.69, 9.17) is 30.5 Å². The van der Waals surface area contributed by atoms with Gasteiger partial charge in [-0.05, 0) is 200 Å². The van der Waals surface area contributed by atoms with Crippen LogP contribution in [0.15, 0.2) is 323 Å². The Morgan fingerprint density at radius 3 is 1.00 bits per heavy atom. The largest absolute Gasteiger partial charge is 0.495 e. The number of ether oxygens (including phenoxy) is 2. The molecule has 19 rings (SSSR count). The summed E-state index contributed by atoms with van der Waals surface area (Å²) in [6.07, 6.45) is 0. The molecule has 0 unspecified atom stereocenters. The zero-order valence-corrected chi connectivity index (χ0v) is 64.9. The van der Waals surface area contributed by atoms with Crippen molar-refractivity contribution < 1.29 is 9.47 Å². The van der Waals surface area contributed by atoms with Gasteiger partial charge in [0.15, 0.2) is 39.9 Å². The van der Waals surface area contributed by atoms with Crippen molar-refractivity contribution in [3.05, 3.63) is 326 Å². The molecule has 120 heavy (non-hydrogen) atoms. The van der Waals surface area contributed by atoms with E-state index < -0.39 is 0 Å². The highest BCUT2D eigenvalue weighted by atomic mass is 32.2. The molecule has 0 atom stereocenters. The van der Waals surface area contributed by atoms with Crippen molar-refractivity contribution in [1.82, 2.24) is 99.1 Å². The van der Waals surface area contributed by atoms with Crippen LogP contribution in [0.4, 0.5) is 81.2 Å². The molecule has 33 nitrogen and oxygen atoms in total. The number of hydrogen-bond donors (Lipinski definition) is 7. The van der Waals surface area contributed by atoms with Crippen LogP contribution in [0.1, 0.15) is 22.3 Å². The third-order valence-electron chi connectivity index (χ3n) is 16.9. The summed E-state index contributed by atoms with van der Waals surface area (Å²) in [7, 11) is 3.18. The predicted octanol–water partition coefficient (Wildman–Crippen LogP) is 16.6. The van der Waals surface area contributed by atoms with E-state index in [1.165, 1.54) is 0 Å². The minimum Gasteiger partial charge on any atom is -0.495 e. The molecule has 0 bridgehead atoms. The highest BCUT2D eigenvalue weighted by Crippen LogP contribution is 2.31. The molecule has 0 aliphatic heterocycles. The molecule has 0 saturated carbocycles. The second-order valence-electron chi connectivity index (χ2n) is 25.0. The Hall–Kier alpha value is -17.4. The molecule has 582 valence electrons. The van der Waals surface area contributed by atoms with Gasteiger partial charge in [-0.2, -0.15) is 53.8 Å². The molecule has 7 N–H and O–H groups in total. The first-order chi connectivity index (χ1) is 59.1. The summed E-state index contributed by atoms with van der Waals surface area (Å²) in [5, 5.41) is 123. The van der Waals surface area contributed by atoms with Crippen molar-refractivity contribution in [1.29, 1.82) is 21.0 Å². The fraction of sp³-hybridized carbons (Fsp3) is 0.0235. The van der Waals surface area contributed by atoms with Gasteiger partial charge in [0.1, 0.15) is 15.8 Å². The Kier molecular flexibility index (Phi) is 24.6. The molecule has 0 aliphatic carbocycles. The van der Waals surface area contributed by atoms with Gasteiger partial charge in [-0.15, -0.1) is 66.3 Å². The summed E-state index contributed by atoms with van der Waals surface area (Å²) < 4.78 is 18.5. The van der Waals surface area contributed by atoms with Crippen molar-refractivity contribution in [3.8, 4) is 35.9 Å². The maximum absolute atomic E-state index is 9.01. The Morgan fingerprint density at radius 2 is 0.600 bits per heavy atom. The van der Waals surface area contributed by atoms with Gasteiger partial charge in [-0.25, -0.2) is 0 Å². The second kappa shape index (κ2) is 37.9. The quantitative estimate of drug-likeness (QED) is 0.0372. The van der Waals surface area contributed by atoms with Crippen molar-refractivity contribution in [2.45, 2.75) is 19.8 Å². The smallest absolute Gasteiger partial charge is 0.250 e. The first kappa shape index (κ1) is 77.9. The third-order valence-corrected chi connectivity index (χ3v) is 18.7. The lowest BCUT2D eigenvalue weighted by atomic mass is 10.2. The van der Waals surface area contributed by atoms with Gasteiger partial charge in [0, 0.05) is 50.0 Å². The lowest BCUT2D eigenvalue weighted by Crippen LogP contribution is -2.03. The number of fused-ring (bicyclic) bond motifs is 5. The van der Waals surface area contributed by atoms with Crippen molar-refractivity contribution in [2.75, 3.05) is 51.4 Å².